The quantitative estimate of drug-likeness (QED) is 0.738. The van der Waals surface area contributed by atoms with E-state index in [0.717, 1.165) is 0 Å². The van der Waals surface area contributed by atoms with Crippen molar-refractivity contribution in [2.75, 3.05) is 6.54 Å². The molecule has 1 rings (SSSR count). The molecule has 0 atom stereocenters. The van der Waals surface area contributed by atoms with E-state index in [0.29, 0.717) is 24.3 Å². The van der Waals surface area contributed by atoms with E-state index >= 15 is 0 Å². The highest BCUT2D eigenvalue weighted by Crippen LogP contribution is 2.19. The van der Waals surface area contributed by atoms with Crippen LogP contribution >= 0.6 is 0 Å². The summed E-state index contributed by atoms with van der Waals surface area (Å²) in [5.74, 6) is 0.954. The summed E-state index contributed by atoms with van der Waals surface area (Å²) in [7, 11) is -3.78. The molecule has 20 heavy (non-hydrogen) atoms. The van der Waals surface area contributed by atoms with E-state index in [-0.39, 0.29) is 16.5 Å². The monoisotopic (exact) mass is 301 g/mol. The third-order valence-electron chi connectivity index (χ3n) is 3.44. The van der Waals surface area contributed by atoms with Crippen molar-refractivity contribution in [1.82, 2.24) is 10.3 Å². The molecule has 114 valence electrons. The number of amides is 1. The topological polar surface area (TPSA) is 105 Å². The summed E-state index contributed by atoms with van der Waals surface area (Å²) < 4.78 is 22.3. The van der Waals surface area contributed by atoms with Crippen LogP contribution < -0.4 is 10.5 Å². The summed E-state index contributed by atoms with van der Waals surface area (Å²) in [5, 5.41) is 7.81. The van der Waals surface area contributed by atoms with Gasteiger partial charge in [-0.3, -0.25) is 4.79 Å². The van der Waals surface area contributed by atoms with E-state index in [1.165, 1.54) is 12.3 Å². The third kappa shape index (κ3) is 4.35. The van der Waals surface area contributed by atoms with Crippen LogP contribution in [0.5, 0.6) is 0 Å². The van der Waals surface area contributed by atoms with Crippen LogP contribution in [0.25, 0.3) is 0 Å². The van der Waals surface area contributed by atoms with Gasteiger partial charge < -0.3 is 10.3 Å². The summed E-state index contributed by atoms with van der Waals surface area (Å²) in [6.45, 7) is 9.02. The Hall–Kier alpha value is -1.34. The van der Waals surface area contributed by atoms with Gasteiger partial charge in [0.2, 0.25) is 10.0 Å². The van der Waals surface area contributed by atoms with Crippen molar-refractivity contribution >= 4 is 15.9 Å². The fraction of sp³-hybridized carbons (Fsp3) is 0.615. The van der Waals surface area contributed by atoms with Gasteiger partial charge in [-0.25, -0.2) is 13.6 Å². The number of hydrogen-bond donors (Lipinski definition) is 3. The van der Waals surface area contributed by atoms with Gasteiger partial charge in [0.1, 0.15) is 5.69 Å². The van der Waals surface area contributed by atoms with Crippen molar-refractivity contribution in [3.05, 3.63) is 18.0 Å². The number of nitrogens with two attached hydrogens (primary N) is 1. The molecule has 1 amide bonds. The SMILES string of the molecule is CC(C)C(CNC(=O)c1cc(S(N)(=O)=O)c[nH]1)C(C)C. The van der Waals surface area contributed by atoms with Crippen LogP contribution in [0.2, 0.25) is 0 Å². The lowest BCUT2D eigenvalue weighted by Gasteiger charge is -2.24. The highest BCUT2D eigenvalue weighted by Gasteiger charge is 2.20. The molecular formula is C13H23N3O3S. The standard InChI is InChI=1S/C13H23N3O3S/c1-8(2)11(9(3)4)7-16-13(17)12-5-10(6-15-12)20(14,18)19/h5-6,8-9,11,15H,7H2,1-4H3,(H,16,17)(H2,14,18,19). The Morgan fingerprint density at radius 1 is 1.30 bits per heavy atom. The molecule has 0 spiro atoms. The maximum absolute atomic E-state index is 12.0. The molecule has 0 aliphatic rings. The Morgan fingerprint density at radius 2 is 1.85 bits per heavy atom. The molecule has 0 saturated carbocycles. The second-order valence-corrected chi connectivity index (χ2v) is 7.22. The van der Waals surface area contributed by atoms with Gasteiger partial charge >= 0.3 is 0 Å². The van der Waals surface area contributed by atoms with Crippen molar-refractivity contribution in [1.29, 1.82) is 0 Å². The average Bonchev–Trinajstić information content (AvgIpc) is 2.76. The smallest absolute Gasteiger partial charge is 0.267 e. The molecule has 6 nitrogen and oxygen atoms in total. The average molecular weight is 301 g/mol. The Kier molecular flexibility index (Phi) is 5.35. The number of carbonyl (C=O) groups excluding carboxylic acids is 1. The Bertz CT molecular complexity index is 553. The number of carbonyl (C=O) groups is 1. The minimum absolute atomic E-state index is 0.0908. The molecule has 0 saturated heterocycles. The third-order valence-corrected chi connectivity index (χ3v) is 4.33. The van der Waals surface area contributed by atoms with Crippen LogP contribution in [0.4, 0.5) is 0 Å². The van der Waals surface area contributed by atoms with Gasteiger partial charge in [0.05, 0.1) is 4.90 Å². The number of H-pyrrole nitrogens is 1. The van der Waals surface area contributed by atoms with Gasteiger partial charge in [-0.1, -0.05) is 27.7 Å². The van der Waals surface area contributed by atoms with E-state index in [9.17, 15) is 13.2 Å². The zero-order valence-electron chi connectivity index (χ0n) is 12.3. The summed E-state index contributed by atoms with van der Waals surface area (Å²) >= 11 is 0. The molecule has 0 aliphatic carbocycles. The maximum atomic E-state index is 12.0. The largest absolute Gasteiger partial charge is 0.356 e. The Labute approximate surface area is 120 Å². The number of rotatable bonds is 6. The number of aromatic amines is 1. The summed E-state index contributed by atoms with van der Waals surface area (Å²) in [6.07, 6.45) is 1.21. The lowest BCUT2D eigenvalue weighted by atomic mass is 9.85. The van der Waals surface area contributed by atoms with Gasteiger partial charge in [0.25, 0.3) is 5.91 Å². The van der Waals surface area contributed by atoms with Gasteiger partial charge in [0.15, 0.2) is 0 Å². The van der Waals surface area contributed by atoms with Crippen LogP contribution in [-0.2, 0) is 10.0 Å². The molecule has 0 bridgehead atoms. The number of aromatic nitrogens is 1. The number of sulfonamides is 1. The molecular weight excluding hydrogens is 278 g/mol. The van der Waals surface area contributed by atoms with Crippen molar-refractivity contribution in [3.8, 4) is 0 Å². The van der Waals surface area contributed by atoms with E-state index in [1.54, 1.807) is 0 Å². The molecule has 0 radical (unpaired) electrons. The zero-order valence-corrected chi connectivity index (χ0v) is 13.1. The van der Waals surface area contributed by atoms with Crippen molar-refractivity contribution in [2.24, 2.45) is 22.9 Å². The van der Waals surface area contributed by atoms with Gasteiger partial charge in [-0.2, -0.15) is 0 Å². The first-order valence-corrected chi connectivity index (χ1v) is 8.17. The molecule has 1 heterocycles. The molecule has 0 unspecified atom stereocenters. The van der Waals surface area contributed by atoms with E-state index in [2.05, 4.69) is 38.0 Å². The predicted octanol–water partition coefficient (Wildman–Crippen LogP) is 1.32. The number of primary sulfonamides is 1. The molecule has 0 fully saturated rings. The molecule has 7 heteroatoms. The minimum Gasteiger partial charge on any atom is -0.356 e. The lowest BCUT2D eigenvalue weighted by molar-refractivity contribution is 0.0932. The highest BCUT2D eigenvalue weighted by atomic mass is 32.2. The summed E-state index contributed by atoms with van der Waals surface area (Å²) in [4.78, 5) is 14.5. The van der Waals surface area contributed by atoms with Gasteiger partial charge in [-0.05, 0) is 23.8 Å². The molecule has 1 aromatic heterocycles. The number of nitrogens with one attached hydrogen (secondary N) is 2. The first kappa shape index (κ1) is 16.7. The normalized spacial score (nSPS) is 12.4. The fourth-order valence-electron chi connectivity index (χ4n) is 2.22. The van der Waals surface area contributed by atoms with Crippen molar-refractivity contribution in [3.63, 3.8) is 0 Å². The summed E-state index contributed by atoms with van der Waals surface area (Å²) in [5.41, 5.74) is 0.195. The zero-order chi connectivity index (χ0) is 15.5. The lowest BCUT2D eigenvalue weighted by Crippen LogP contribution is -2.34. The van der Waals surface area contributed by atoms with Crippen LogP contribution in [0.1, 0.15) is 38.2 Å². The minimum atomic E-state index is -3.78. The molecule has 1 aromatic rings. The maximum Gasteiger partial charge on any atom is 0.267 e. The molecule has 4 N–H and O–H groups in total. The van der Waals surface area contributed by atoms with Crippen LogP contribution in [0, 0.1) is 17.8 Å². The van der Waals surface area contributed by atoms with Crippen LogP contribution in [0.15, 0.2) is 17.2 Å². The number of hydrogen-bond acceptors (Lipinski definition) is 3. The second kappa shape index (κ2) is 6.41. The Morgan fingerprint density at radius 3 is 2.25 bits per heavy atom. The van der Waals surface area contributed by atoms with E-state index in [4.69, 9.17) is 5.14 Å². The predicted molar refractivity (Wildman–Crippen MR) is 77.7 cm³/mol. The fourth-order valence-corrected chi connectivity index (χ4v) is 2.72. The van der Waals surface area contributed by atoms with Crippen LogP contribution in [-0.4, -0.2) is 25.9 Å². The van der Waals surface area contributed by atoms with Gasteiger partial charge in [0, 0.05) is 12.7 Å². The highest BCUT2D eigenvalue weighted by molar-refractivity contribution is 7.89. The van der Waals surface area contributed by atoms with Crippen molar-refractivity contribution < 1.29 is 13.2 Å². The Balaban J connectivity index is 2.70. The van der Waals surface area contributed by atoms with Crippen LogP contribution in [0.3, 0.4) is 0 Å². The second-order valence-electron chi connectivity index (χ2n) is 5.66. The first-order chi connectivity index (χ1) is 9.12. The summed E-state index contributed by atoms with van der Waals surface area (Å²) in [6, 6.07) is 1.24. The molecule has 0 aliphatic heterocycles. The van der Waals surface area contributed by atoms with E-state index in [1.807, 2.05) is 0 Å². The first-order valence-electron chi connectivity index (χ1n) is 6.62. The van der Waals surface area contributed by atoms with Gasteiger partial charge in [-0.15, -0.1) is 0 Å². The molecule has 0 aromatic carbocycles. The van der Waals surface area contributed by atoms with Crippen molar-refractivity contribution in [2.45, 2.75) is 32.6 Å². The van der Waals surface area contributed by atoms with E-state index < -0.39 is 10.0 Å².